The molecular weight excluding hydrogens is 348 g/mol. The molecule has 0 bridgehead atoms. The van der Waals surface area contributed by atoms with E-state index in [1.54, 1.807) is 24.3 Å². The van der Waals surface area contributed by atoms with Crippen LogP contribution in [-0.2, 0) is 4.74 Å². The number of hydrogen-bond donors (Lipinski definition) is 3. The molecule has 0 unspecified atom stereocenters. The van der Waals surface area contributed by atoms with Crippen molar-refractivity contribution in [2.75, 3.05) is 29.5 Å². The molecule has 0 saturated carbocycles. The van der Waals surface area contributed by atoms with E-state index < -0.39 is 4.92 Å². The van der Waals surface area contributed by atoms with Gasteiger partial charge < -0.3 is 21.1 Å². The summed E-state index contributed by atoms with van der Waals surface area (Å²) in [5, 5.41) is 17.8. The molecule has 2 aromatic rings. The molecule has 1 aromatic heterocycles. The third-order valence-corrected chi connectivity index (χ3v) is 3.97. The second-order valence-corrected chi connectivity index (χ2v) is 5.97. The van der Waals surface area contributed by atoms with Gasteiger partial charge in [-0.15, -0.1) is 0 Å². The van der Waals surface area contributed by atoms with Crippen LogP contribution >= 0.6 is 11.6 Å². The fourth-order valence-electron chi connectivity index (χ4n) is 2.51. The van der Waals surface area contributed by atoms with Gasteiger partial charge in [-0.25, -0.2) is 0 Å². The summed E-state index contributed by atoms with van der Waals surface area (Å²) >= 11 is 5.85. The minimum absolute atomic E-state index is 0.00321. The van der Waals surface area contributed by atoms with Gasteiger partial charge in [-0.05, 0) is 37.1 Å². The Balaban J connectivity index is 1.83. The van der Waals surface area contributed by atoms with Crippen molar-refractivity contribution < 1.29 is 9.66 Å². The number of aromatic nitrogens is 2. The number of nitrogens with one attached hydrogen (secondary N) is 2. The average molecular weight is 365 g/mol. The zero-order valence-corrected chi connectivity index (χ0v) is 14.0. The Morgan fingerprint density at radius 1 is 1.36 bits per heavy atom. The van der Waals surface area contributed by atoms with Crippen molar-refractivity contribution in [1.82, 2.24) is 9.97 Å². The number of nitro groups is 1. The van der Waals surface area contributed by atoms with Gasteiger partial charge in [0.1, 0.15) is 0 Å². The smallest absolute Gasteiger partial charge is 0.353 e. The number of nitrogens with two attached hydrogens (primary N) is 1. The molecule has 9 nitrogen and oxygen atoms in total. The summed E-state index contributed by atoms with van der Waals surface area (Å²) in [5.74, 6) is -0.00368. The molecule has 0 spiro atoms. The number of halogens is 1. The Morgan fingerprint density at radius 2 is 2.12 bits per heavy atom. The van der Waals surface area contributed by atoms with E-state index in [1.807, 2.05) is 0 Å². The third kappa shape index (κ3) is 4.25. The first-order valence-electron chi connectivity index (χ1n) is 7.73. The van der Waals surface area contributed by atoms with E-state index in [0.29, 0.717) is 23.9 Å². The second kappa shape index (κ2) is 7.49. The number of nitrogen functional groups attached to an aromatic ring is 1. The summed E-state index contributed by atoms with van der Waals surface area (Å²) in [6, 6.07) is 6.88. The summed E-state index contributed by atoms with van der Waals surface area (Å²) in [6.45, 7) is 1.11. The molecule has 4 N–H and O–H groups in total. The highest BCUT2D eigenvalue weighted by atomic mass is 35.5. The predicted molar refractivity (Wildman–Crippen MR) is 95.3 cm³/mol. The molecule has 1 saturated heterocycles. The summed E-state index contributed by atoms with van der Waals surface area (Å²) in [4.78, 5) is 18.8. The maximum Gasteiger partial charge on any atom is 0.353 e. The molecule has 10 heteroatoms. The molecule has 2 heterocycles. The Labute approximate surface area is 148 Å². The van der Waals surface area contributed by atoms with Gasteiger partial charge in [-0.3, -0.25) is 10.1 Å². The van der Waals surface area contributed by atoms with Gasteiger partial charge >= 0.3 is 5.69 Å². The molecule has 25 heavy (non-hydrogen) atoms. The molecule has 1 fully saturated rings. The summed E-state index contributed by atoms with van der Waals surface area (Å²) < 4.78 is 5.51. The molecule has 3 rings (SSSR count). The molecule has 1 atom stereocenters. The van der Waals surface area contributed by atoms with Crippen LogP contribution in [0.1, 0.15) is 12.8 Å². The maximum atomic E-state index is 11.3. The van der Waals surface area contributed by atoms with Gasteiger partial charge in [0.2, 0.25) is 17.6 Å². The number of ether oxygens (including phenoxy) is 1. The molecule has 0 aliphatic carbocycles. The number of benzene rings is 1. The first-order valence-corrected chi connectivity index (χ1v) is 8.10. The molecule has 0 radical (unpaired) electrons. The van der Waals surface area contributed by atoms with Crippen molar-refractivity contribution in [3.63, 3.8) is 0 Å². The molecule has 1 aromatic carbocycles. The van der Waals surface area contributed by atoms with E-state index in [4.69, 9.17) is 22.1 Å². The van der Waals surface area contributed by atoms with Crippen molar-refractivity contribution in [3.05, 3.63) is 39.4 Å². The fraction of sp³-hybridized carbons (Fsp3) is 0.333. The normalized spacial score (nSPS) is 16.6. The fourth-order valence-corrected chi connectivity index (χ4v) is 2.64. The minimum Gasteiger partial charge on any atom is -0.378 e. The number of anilines is 4. The summed E-state index contributed by atoms with van der Waals surface area (Å²) in [6.07, 6.45) is 1.88. The van der Waals surface area contributed by atoms with E-state index in [2.05, 4.69) is 20.6 Å². The molecular formula is C15H17ClN6O3. The van der Waals surface area contributed by atoms with Gasteiger partial charge in [0.25, 0.3) is 0 Å². The lowest BCUT2D eigenvalue weighted by molar-refractivity contribution is -0.383. The van der Waals surface area contributed by atoms with Gasteiger partial charge in [0.15, 0.2) is 0 Å². The number of hydrogen-bond acceptors (Lipinski definition) is 8. The van der Waals surface area contributed by atoms with Crippen molar-refractivity contribution in [1.29, 1.82) is 0 Å². The second-order valence-electron chi connectivity index (χ2n) is 5.53. The minimum atomic E-state index is -0.598. The first-order chi connectivity index (χ1) is 12.0. The lowest BCUT2D eigenvalue weighted by atomic mass is 10.2. The van der Waals surface area contributed by atoms with Crippen LogP contribution in [0.3, 0.4) is 0 Å². The van der Waals surface area contributed by atoms with Crippen LogP contribution in [0.2, 0.25) is 5.02 Å². The van der Waals surface area contributed by atoms with Crippen LogP contribution in [0, 0.1) is 10.1 Å². The van der Waals surface area contributed by atoms with Crippen LogP contribution < -0.4 is 16.4 Å². The van der Waals surface area contributed by atoms with Crippen molar-refractivity contribution in [2.45, 2.75) is 18.9 Å². The lowest BCUT2D eigenvalue weighted by Crippen LogP contribution is -2.20. The Bertz CT molecular complexity index is 765. The monoisotopic (exact) mass is 364 g/mol. The Hall–Kier alpha value is -2.65. The van der Waals surface area contributed by atoms with Crippen LogP contribution in [-0.4, -0.2) is 34.1 Å². The lowest BCUT2D eigenvalue weighted by Gasteiger charge is -2.13. The number of rotatable bonds is 6. The Morgan fingerprint density at radius 3 is 2.76 bits per heavy atom. The summed E-state index contributed by atoms with van der Waals surface area (Å²) in [5.41, 5.74) is 6.10. The highest BCUT2D eigenvalue weighted by Crippen LogP contribution is 2.30. The maximum absolute atomic E-state index is 11.3. The van der Waals surface area contributed by atoms with Crippen molar-refractivity contribution >= 4 is 40.6 Å². The van der Waals surface area contributed by atoms with Crippen molar-refractivity contribution in [3.8, 4) is 0 Å². The summed E-state index contributed by atoms with van der Waals surface area (Å²) in [7, 11) is 0. The van der Waals surface area contributed by atoms with Gasteiger partial charge in [0, 0.05) is 23.9 Å². The average Bonchev–Trinajstić information content (AvgIpc) is 3.08. The topological polar surface area (TPSA) is 128 Å². The van der Waals surface area contributed by atoms with Crippen LogP contribution in [0.25, 0.3) is 0 Å². The van der Waals surface area contributed by atoms with E-state index in [1.165, 1.54) is 0 Å². The van der Waals surface area contributed by atoms with E-state index in [-0.39, 0.29) is 29.4 Å². The molecule has 132 valence electrons. The molecule has 0 amide bonds. The molecule has 1 aliphatic rings. The number of nitrogens with zero attached hydrogens (tertiary/aromatic N) is 3. The van der Waals surface area contributed by atoms with Crippen LogP contribution in [0.15, 0.2) is 24.3 Å². The van der Waals surface area contributed by atoms with Crippen LogP contribution in [0.5, 0.6) is 0 Å². The van der Waals surface area contributed by atoms with E-state index in [9.17, 15) is 10.1 Å². The standard InChI is InChI=1S/C15H17ClN6O3/c16-9-3-5-10(6-4-9)19-15-20-13(17)12(22(23)24)14(21-15)18-8-11-2-1-7-25-11/h3-6,11H,1-2,7-8H2,(H4,17,18,19,20,21)/t11-/m0/s1. The zero-order valence-electron chi connectivity index (χ0n) is 13.2. The van der Waals surface area contributed by atoms with E-state index in [0.717, 1.165) is 12.8 Å². The molecule has 1 aliphatic heterocycles. The third-order valence-electron chi connectivity index (χ3n) is 3.72. The van der Waals surface area contributed by atoms with Gasteiger partial charge in [-0.1, -0.05) is 11.6 Å². The zero-order chi connectivity index (χ0) is 17.8. The predicted octanol–water partition coefficient (Wildman–Crippen LogP) is 2.95. The quantitative estimate of drug-likeness (QED) is 0.527. The van der Waals surface area contributed by atoms with Gasteiger partial charge in [-0.2, -0.15) is 9.97 Å². The largest absolute Gasteiger partial charge is 0.378 e. The van der Waals surface area contributed by atoms with Gasteiger partial charge in [0.05, 0.1) is 11.0 Å². The highest BCUT2D eigenvalue weighted by molar-refractivity contribution is 6.30. The van der Waals surface area contributed by atoms with Crippen molar-refractivity contribution in [2.24, 2.45) is 0 Å². The first kappa shape index (κ1) is 17.2. The van der Waals surface area contributed by atoms with E-state index >= 15 is 0 Å². The van der Waals surface area contributed by atoms with Crippen LogP contribution in [0.4, 0.5) is 29.0 Å². The SMILES string of the molecule is Nc1nc(Nc2ccc(Cl)cc2)nc(NC[C@@H]2CCCO2)c1[N+](=O)[O-]. The highest BCUT2D eigenvalue weighted by Gasteiger charge is 2.24. The Kier molecular flexibility index (Phi) is 5.15.